The Labute approximate surface area is 196 Å². The molecule has 0 saturated heterocycles. The molecule has 34 heavy (non-hydrogen) atoms. The number of hydrogen-bond acceptors (Lipinski definition) is 7. The molecule has 2 aliphatic rings. The minimum atomic E-state index is -0.650. The Morgan fingerprint density at radius 3 is 2.62 bits per heavy atom. The molecule has 0 unspecified atom stereocenters. The number of nitrogens with zero attached hydrogens (tertiary/aromatic N) is 2. The van der Waals surface area contributed by atoms with E-state index >= 15 is 0 Å². The van der Waals surface area contributed by atoms with Crippen LogP contribution in [0.5, 0.6) is 0 Å². The van der Waals surface area contributed by atoms with E-state index in [1.54, 1.807) is 37.3 Å². The van der Waals surface area contributed by atoms with Crippen LogP contribution < -0.4 is 10.6 Å². The number of fused-ring (bicyclic) bond motifs is 1. The van der Waals surface area contributed by atoms with Crippen molar-refractivity contribution in [1.82, 2.24) is 15.5 Å². The first-order valence-corrected chi connectivity index (χ1v) is 11.6. The van der Waals surface area contributed by atoms with Crippen molar-refractivity contribution in [2.45, 2.75) is 57.4 Å². The lowest BCUT2D eigenvalue weighted by atomic mass is 10.1. The molecule has 0 atom stereocenters. The second-order valence-corrected chi connectivity index (χ2v) is 8.94. The van der Waals surface area contributed by atoms with Crippen molar-refractivity contribution in [3.63, 3.8) is 0 Å². The smallest absolute Gasteiger partial charge is 0.339 e. The number of nitrogens with one attached hydrogen (secondary N) is 2. The van der Waals surface area contributed by atoms with E-state index in [4.69, 9.17) is 9.26 Å². The zero-order valence-corrected chi connectivity index (χ0v) is 18.9. The third-order valence-corrected chi connectivity index (χ3v) is 6.32. The molecule has 0 spiro atoms. The minimum Gasteiger partial charge on any atom is -0.452 e. The fourth-order valence-corrected chi connectivity index (χ4v) is 4.38. The predicted octanol–water partition coefficient (Wildman–Crippen LogP) is 3.88. The quantitative estimate of drug-likeness (QED) is 0.511. The van der Waals surface area contributed by atoms with E-state index in [2.05, 4.69) is 20.8 Å². The summed E-state index contributed by atoms with van der Waals surface area (Å²) in [5.41, 5.74) is 2.62. The van der Waals surface area contributed by atoms with E-state index < -0.39 is 18.5 Å². The van der Waals surface area contributed by atoms with Crippen molar-refractivity contribution in [3.05, 3.63) is 52.8 Å². The van der Waals surface area contributed by atoms with Crippen LogP contribution in [0.4, 0.5) is 5.69 Å². The Kier molecular flexibility index (Phi) is 6.00. The van der Waals surface area contributed by atoms with Crippen LogP contribution in [0.2, 0.25) is 0 Å². The van der Waals surface area contributed by atoms with Gasteiger partial charge < -0.3 is 19.9 Å². The second-order valence-electron chi connectivity index (χ2n) is 8.94. The molecule has 0 bridgehead atoms. The van der Waals surface area contributed by atoms with Gasteiger partial charge in [0, 0.05) is 17.7 Å². The van der Waals surface area contributed by atoms with Crippen molar-refractivity contribution >= 4 is 34.6 Å². The van der Waals surface area contributed by atoms with E-state index in [0.717, 1.165) is 44.2 Å². The number of aryl methyl sites for hydroxylation is 1. The summed E-state index contributed by atoms with van der Waals surface area (Å²) in [7, 11) is 0. The number of benzene rings is 1. The van der Waals surface area contributed by atoms with Crippen LogP contribution in [-0.4, -0.2) is 40.6 Å². The highest BCUT2D eigenvalue weighted by molar-refractivity contribution is 6.06. The van der Waals surface area contributed by atoms with Gasteiger partial charge in [-0.05, 0) is 50.8 Å². The molecule has 9 heteroatoms. The number of anilines is 1. The van der Waals surface area contributed by atoms with Crippen LogP contribution in [0, 0.1) is 6.92 Å². The Balaban J connectivity index is 1.26. The van der Waals surface area contributed by atoms with Crippen molar-refractivity contribution in [3.8, 4) is 0 Å². The van der Waals surface area contributed by atoms with Crippen LogP contribution >= 0.6 is 0 Å². The zero-order valence-electron chi connectivity index (χ0n) is 18.9. The summed E-state index contributed by atoms with van der Waals surface area (Å²) in [5.74, 6) is -1.11. The van der Waals surface area contributed by atoms with Gasteiger partial charge in [0.2, 0.25) is 0 Å². The van der Waals surface area contributed by atoms with E-state index in [0.29, 0.717) is 34.0 Å². The molecule has 0 radical (unpaired) electrons. The summed E-state index contributed by atoms with van der Waals surface area (Å²) in [6.07, 6.45) is 6.16. The van der Waals surface area contributed by atoms with Gasteiger partial charge in [0.15, 0.2) is 6.61 Å². The minimum absolute atomic E-state index is 0.163. The highest BCUT2D eigenvalue weighted by atomic mass is 16.5. The average molecular weight is 463 g/mol. The molecule has 2 saturated carbocycles. The number of carbonyl (C=O) groups excluding carboxylic acids is 3. The molecule has 3 aromatic rings. The number of carbonyl (C=O) groups is 3. The van der Waals surface area contributed by atoms with Crippen LogP contribution in [0.1, 0.15) is 76.5 Å². The molecule has 2 aliphatic carbocycles. The molecule has 9 nitrogen and oxygen atoms in total. The van der Waals surface area contributed by atoms with E-state index in [9.17, 15) is 14.4 Å². The molecule has 2 aromatic heterocycles. The molecule has 2 N–H and O–H groups in total. The molecule has 2 fully saturated rings. The Morgan fingerprint density at radius 1 is 1.09 bits per heavy atom. The number of esters is 1. The number of amides is 2. The Hall–Kier alpha value is -3.75. The Bertz CT molecular complexity index is 1260. The number of ether oxygens (including phenoxy) is 1. The summed E-state index contributed by atoms with van der Waals surface area (Å²) < 4.78 is 10.6. The van der Waals surface area contributed by atoms with Crippen molar-refractivity contribution in [2.75, 3.05) is 11.9 Å². The molecular formula is C25H26N4O5. The van der Waals surface area contributed by atoms with E-state index in [-0.39, 0.29) is 17.5 Å². The maximum absolute atomic E-state index is 12.9. The number of hydrogen-bond donors (Lipinski definition) is 2. The first kappa shape index (κ1) is 22.1. The third-order valence-electron chi connectivity index (χ3n) is 6.32. The molecule has 2 amide bonds. The van der Waals surface area contributed by atoms with Gasteiger partial charge >= 0.3 is 5.97 Å². The normalized spacial score (nSPS) is 15.9. The largest absolute Gasteiger partial charge is 0.452 e. The number of rotatable bonds is 7. The van der Waals surface area contributed by atoms with Crippen molar-refractivity contribution in [2.24, 2.45) is 0 Å². The van der Waals surface area contributed by atoms with Gasteiger partial charge in [0.05, 0.1) is 27.9 Å². The van der Waals surface area contributed by atoms with Gasteiger partial charge in [-0.25, -0.2) is 9.78 Å². The van der Waals surface area contributed by atoms with Crippen LogP contribution in [-0.2, 0) is 9.53 Å². The van der Waals surface area contributed by atoms with E-state index in [1.807, 2.05) is 0 Å². The summed E-state index contributed by atoms with van der Waals surface area (Å²) in [5, 5.41) is 10.1. The maximum Gasteiger partial charge on any atom is 0.339 e. The molecule has 2 heterocycles. The van der Waals surface area contributed by atoms with Crippen LogP contribution in [0.3, 0.4) is 0 Å². The number of para-hydroxylation sites is 1. The van der Waals surface area contributed by atoms with Crippen LogP contribution in [0.15, 0.2) is 34.9 Å². The SMILES string of the molecule is Cc1noc2nc(C3CC3)cc(C(=O)OCC(=O)Nc3ccccc3C(=O)NC3CCCC3)c12. The van der Waals surface area contributed by atoms with E-state index in [1.165, 1.54) is 0 Å². The number of pyridine rings is 1. The summed E-state index contributed by atoms with van der Waals surface area (Å²) in [6, 6.07) is 8.65. The van der Waals surface area contributed by atoms with Gasteiger partial charge in [-0.3, -0.25) is 9.59 Å². The summed E-state index contributed by atoms with van der Waals surface area (Å²) in [6.45, 7) is 1.23. The monoisotopic (exact) mass is 462 g/mol. The third kappa shape index (κ3) is 4.64. The fraction of sp³-hybridized carbons (Fsp3) is 0.400. The fourth-order valence-electron chi connectivity index (χ4n) is 4.38. The first-order valence-electron chi connectivity index (χ1n) is 11.6. The first-order chi connectivity index (χ1) is 16.5. The predicted molar refractivity (Wildman–Crippen MR) is 124 cm³/mol. The van der Waals surface area contributed by atoms with Gasteiger partial charge in [-0.2, -0.15) is 0 Å². The van der Waals surface area contributed by atoms with Gasteiger partial charge in [-0.1, -0.05) is 30.1 Å². The van der Waals surface area contributed by atoms with Crippen LogP contribution in [0.25, 0.3) is 11.1 Å². The summed E-state index contributed by atoms with van der Waals surface area (Å²) >= 11 is 0. The molecule has 0 aliphatic heterocycles. The topological polar surface area (TPSA) is 123 Å². The standard InChI is InChI=1S/C25H26N4O5/c1-14-22-18(12-20(15-10-11-15)28-24(22)34-29-14)25(32)33-13-21(30)27-19-9-5-4-8-17(19)23(31)26-16-6-2-3-7-16/h4-5,8-9,12,15-16H,2-3,6-7,10-11,13H2,1H3,(H,26,31)(H,27,30). The zero-order chi connectivity index (χ0) is 23.7. The molecular weight excluding hydrogens is 436 g/mol. The lowest BCUT2D eigenvalue weighted by Crippen LogP contribution is -2.33. The lowest BCUT2D eigenvalue weighted by molar-refractivity contribution is -0.119. The highest BCUT2D eigenvalue weighted by Crippen LogP contribution is 2.40. The molecule has 5 rings (SSSR count). The van der Waals surface area contributed by atoms with Crippen molar-refractivity contribution in [1.29, 1.82) is 0 Å². The summed E-state index contributed by atoms with van der Waals surface area (Å²) in [4.78, 5) is 42.6. The lowest BCUT2D eigenvalue weighted by Gasteiger charge is -2.15. The number of aromatic nitrogens is 2. The second kappa shape index (κ2) is 9.24. The maximum atomic E-state index is 12.9. The average Bonchev–Trinajstić information content (AvgIpc) is 3.45. The van der Waals surface area contributed by atoms with Gasteiger partial charge in [-0.15, -0.1) is 0 Å². The Morgan fingerprint density at radius 2 is 1.85 bits per heavy atom. The highest BCUT2D eigenvalue weighted by Gasteiger charge is 2.29. The van der Waals surface area contributed by atoms with Gasteiger partial charge in [0.1, 0.15) is 0 Å². The molecule has 1 aromatic carbocycles. The van der Waals surface area contributed by atoms with Crippen molar-refractivity contribution < 1.29 is 23.6 Å². The van der Waals surface area contributed by atoms with Gasteiger partial charge in [0.25, 0.3) is 17.5 Å². The molecule has 176 valence electrons.